The van der Waals surface area contributed by atoms with Gasteiger partial charge in [0.1, 0.15) is 5.56 Å². The third-order valence-electron chi connectivity index (χ3n) is 2.48. The topological polar surface area (TPSA) is 84.3 Å². The van der Waals surface area contributed by atoms with Crippen LogP contribution in [0.25, 0.3) is 11.0 Å². The number of carbonyl (C=O) groups is 1. The molecule has 2 aromatic heterocycles. The average Bonchev–Trinajstić information content (AvgIpc) is 2.37. The molecule has 0 saturated heterocycles. The van der Waals surface area contributed by atoms with Gasteiger partial charge in [-0.3, -0.25) is 0 Å². The summed E-state index contributed by atoms with van der Waals surface area (Å²) in [5.41, 5.74) is 1.18. The van der Waals surface area contributed by atoms with E-state index in [-0.39, 0.29) is 18.1 Å². The van der Waals surface area contributed by atoms with E-state index in [0.717, 1.165) is 5.69 Å². The molecule has 0 aromatic carbocycles. The monoisotopic (exact) mass is 247 g/mol. The van der Waals surface area contributed by atoms with Crippen molar-refractivity contribution in [1.29, 1.82) is 0 Å². The van der Waals surface area contributed by atoms with Crippen molar-refractivity contribution < 1.29 is 14.6 Å². The largest absolute Gasteiger partial charge is 0.493 e. The molecule has 2 rings (SSSR count). The molecule has 6 heteroatoms. The number of rotatable bonds is 3. The first-order chi connectivity index (χ1) is 8.67. The Balaban J connectivity index is 2.62. The number of nitrogens with zero attached hydrogens (tertiary/aromatic N) is 2. The molecule has 2 heterocycles. The fraction of sp³-hybridized carbons (Fsp3) is 0.250. The second kappa shape index (κ2) is 4.87. The molecular formula is C12H13N3O3. The second-order valence-corrected chi connectivity index (χ2v) is 3.56. The zero-order valence-electron chi connectivity index (χ0n) is 10.1. The summed E-state index contributed by atoms with van der Waals surface area (Å²) >= 11 is 0. The smallest absolute Gasteiger partial charge is 0.343 e. The highest BCUT2D eigenvalue weighted by molar-refractivity contribution is 5.98. The number of hydrogen-bond acceptors (Lipinski definition) is 6. The first kappa shape index (κ1) is 12.1. The first-order valence-corrected chi connectivity index (χ1v) is 5.51. The van der Waals surface area contributed by atoms with Gasteiger partial charge in [-0.25, -0.2) is 9.78 Å². The fourth-order valence-electron chi connectivity index (χ4n) is 1.64. The third kappa shape index (κ3) is 2.04. The van der Waals surface area contributed by atoms with Crippen LogP contribution >= 0.6 is 0 Å². The van der Waals surface area contributed by atoms with E-state index < -0.39 is 5.97 Å². The minimum absolute atomic E-state index is 0.0360. The number of pyridine rings is 2. The van der Waals surface area contributed by atoms with E-state index in [1.165, 1.54) is 6.07 Å². The summed E-state index contributed by atoms with van der Waals surface area (Å²) in [6.45, 7) is 1.94. The van der Waals surface area contributed by atoms with Gasteiger partial charge in [-0.2, -0.15) is 4.98 Å². The molecule has 0 aliphatic heterocycles. The maximum Gasteiger partial charge on any atom is 0.343 e. The van der Waals surface area contributed by atoms with Crippen LogP contribution in [0.2, 0.25) is 0 Å². The van der Waals surface area contributed by atoms with E-state index in [2.05, 4.69) is 15.3 Å². The lowest BCUT2D eigenvalue weighted by Crippen LogP contribution is -2.06. The molecule has 0 aliphatic carbocycles. The second-order valence-electron chi connectivity index (χ2n) is 3.56. The highest BCUT2D eigenvalue weighted by Gasteiger charge is 2.16. The van der Waals surface area contributed by atoms with Crippen molar-refractivity contribution in [1.82, 2.24) is 9.97 Å². The predicted molar refractivity (Wildman–Crippen MR) is 66.7 cm³/mol. The Labute approximate surface area is 104 Å². The van der Waals surface area contributed by atoms with Crippen molar-refractivity contribution >= 4 is 22.7 Å². The Bertz CT molecular complexity index is 598. The lowest BCUT2D eigenvalue weighted by atomic mass is 10.2. The quantitative estimate of drug-likeness (QED) is 0.800. The fourth-order valence-corrected chi connectivity index (χ4v) is 1.64. The lowest BCUT2D eigenvalue weighted by molar-refractivity contribution is 0.0522. The molecule has 0 amide bonds. The molecule has 0 bridgehead atoms. The van der Waals surface area contributed by atoms with E-state index in [1.54, 1.807) is 26.2 Å². The maximum atomic E-state index is 11.6. The molecule has 0 radical (unpaired) electrons. The number of anilines is 1. The van der Waals surface area contributed by atoms with Crippen molar-refractivity contribution in [2.24, 2.45) is 0 Å². The van der Waals surface area contributed by atoms with Crippen molar-refractivity contribution in [2.75, 3.05) is 19.0 Å². The number of hydrogen-bond donors (Lipinski definition) is 2. The summed E-state index contributed by atoms with van der Waals surface area (Å²) in [5.74, 6) is -0.975. The number of esters is 1. The van der Waals surface area contributed by atoms with Crippen molar-refractivity contribution in [3.05, 3.63) is 23.9 Å². The number of fused-ring (bicyclic) bond motifs is 1. The van der Waals surface area contributed by atoms with Gasteiger partial charge in [0.15, 0.2) is 5.65 Å². The zero-order chi connectivity index (χ0) is 13.1. The summed E-state index contributed by atoms with van der Waals surface area (Å²) in [5, 5.41) is 13.3. The molecule has 0 unspecified atom stereocenters. The van der Waals surface area contributed by atoms with Gasteiger partial charge >= 0.3 is 5.97 Å². The molecule has 0 aliphatic rings. The van der Waals surface area contributed by atoms with Crippen molar-refractivity contribution in [2.45, 2.75) is 6.92 Å². The van der Waals surface area contributed by atoms with Crippen LogP contribution in [0.4, 0.5) is 5.69 Å². The van der Waals surface area contributed by atoms with Crippen LogP contribution in [-0.2, 0) is 4.74 Å². The van der Waals surface area contributed by atoms with Gasteiger partial charge in [0.25, 0.3) is 0 Å². The van der Waals surface area contributed by atoms with Crippen LogP contribution in [-0.4, -0.2) is 34.7 Å². The van der Waals surface area contributed by atoms with Gasteiger partial charge in [-0.05, 0) is 19.1 Å². The molecule has 2 aromatic rings. The number of nitrogens with one attached hydrogen (secondary N) is 1. The molecule has 18 heavy (non-hydrogen) atoms. The highest BCUT2D eigenvalue weighted by atomic mass is 16.5. The van der Waals surface area contributed by atoms with Crippen LogP contribution in [0.1, 0.15) is 17.3 Å². The zero-order valence-corrected chi connectivity index (χ0v) is 10.1. The SMILES string of the molecule is CCOC(=O)c1cc2c(NC)ccnc2nc1O. The first-order valence-electron chi connectivity index (χ1n) is 5.51. The van der Waals surface area contributed by atoms with Gasteiger partial charge in [0.05, 0.1) is 6.61 Å². The van der Waals surface area contributed by atoms with Gasteiger partial charge in [-0.15, -0.1) is 0 Å². The summed E-state index contributed by atoms with van der Waals surface area (Å²) in [6.07, 6.45) is 1.57. The Morgan fingerprint density at radius 1 is 1.56 bits per heavy atom. The van der Waals surface area contributed by atoms with E-state index >= 15 is 0 Å². The molecule has 94 valence electrons. The number of carbonyl (C=O) groups excluding carboxylic acids is 1. The van der Waals surface area contributed by atoms with Crippen LogP contribution in [0.15, 0.2) is 18.3 Å². The Morgan fingerprint density at radius 3 is 3.00 bits per heavy atom. The van der Waals surface area contributed by atoms with Crippen LogP contribution in [0, 0.1) is 0 Å². The summed E-state index contributed by atoms with van der Waals surface area (Å²) in [6, 6.07) is 3.28. The third-order valence-corrected chi connectivity index (χ3v) is 2.48. The average molecular weight is 247 g/mol. The highest BCUT2D eigenvalue weighted by Crippen LogP contribution is 2.25. The van der Waals surface area contributed by atoms with E-state index in [4.69, 9.17) is 4.74 Å². The summed E-state index contributed by atoms with van der Waals surface area (Å²) < 4.78 is 4.85. The van der Waals surface area contributed by atoms with Crippen molar-refractivity contribution in [3.63, 3.8) is 0 Å². The molecule has 0 spiro atoms. The molecule has 2 N–H and O–H groups in total. The molecule has 0 atom stereocenters. The van der Waals surface area contributed by atoms with Crippen LogP contribution < -0.4 is 5.32 Å². The van der Waals surface area contributed by atoms with Crippen LogP contribution in [0.5, 0.6) is 5.88 Å². The number of aromatic nitrogens is 2. The standard InChI is InChI=1S/C12H13N3O3/c1-3-18-12(17)8-6-7-9(13-2)4-5-14-10(7)15-11(8)16/h4-6H,3H2,1-2H3,(H2,13,14,15,16). The van der Waals surface area contributed by atoms with Gasteiger partial charge in [-0.1, -0.05) is 0 Å². The van der Waals surface area contributed by atoms with Gasteiger partial charge in [0, 0.05) is 24.3 Å². The summed E-state index contributed by atoms with van der Waals surface area (Å²) in [4.78, 5) is 19.6. The molecule has 0 fully saturated rings. The minimum atomic E-state index is -0.602. The normalized spacial score (nSPS) is 10.3. The predicted octanol–water partition coefficient (Wildman–Crippen LogP) is 1.55. The van der Waals surface area contributed by atoms with Gasteiger partial charge < -0.3 is 15.2 Å². The lowest BCUT2D eigenvalue weighted by Gasteiger charge is -2.08. The van der Waals surface area contributed by atoms with Crippen molar-refractivity contribution in [3.8, 4) is 5.88 Å². The Kier molecular flexibility index (Phi) is 3.27. The minimum Gasteiger partial charge on any atom is -0.493 e. The van der Waals surface area contributed by atoms with E-state index in [9.17, 15) is 9.90 Å². The number of aromatic hydroxyl groups is 1. The van der Waals surface area contributed by atoms with E-state index in [0.29, 0.717) is 11.0 Å². The Hall–Kier alpha value is -2.37. The van der Waals surface area contributed by atoms with E-state index in [1.807, 2.05) is 0 Å². The molecule has 0 saturated carbocycles. The molecule has 6 nitrogen and oxygen atoms in total. The van der Waals surface area contributed by atoms with Gasteiger partial charge in [0.2, 0.25) is 5.88 Å². The maximum absolute atomic E-state index is 11.6. The van der Waals surface area contributed by atoms with Crippen LogP contribution in [0.3, 0.4) is 0 Å². The summed E-state index contributed by atoms with van der Waals surface area (Å²) in [7, 11) is 1.76. The number of ether oxygens (including phenoxy) is 1. The molecular weight excluding hydrogens is 234 g/mol. The Morgan fingerprint density at radius 2 is 2.33 bits per heavy atom.